The highest BCUT2D eigenvalue weighted by atomic mass is 19.4. The first kappa shape index (κ1) is 14.8. The number of hydrogen-bond acceptors (Lipinski definition) is 2. The van der Waals surface area contributed by atoms with Crippen LogP contribution in [0.2, 0.25) is 0 Å². The number of rotatable bonds is 2. The van der Waals surface area contributed by atoms with Crippen LogP contribution in [0.25, 0.3) is 0 Å². The van der Waals surface area contributed by atoms with Gasteiger partial charge in [0.15, 0.2) is 0 Å². The molecular weight excluding hydrogens is 269 g/mol. The summed E-state index contributed by atoms with van der Waals surface area (Å²) in [5, 5.41) is 2.50. The number of halogens is 3. The molecule has 2 atom stereocenters. The van der Waals surface area contributed by atoms with Gasteiger partial charge in [-0.05, 0) is 31.9 Å². The molecule has 0 spiro atoms. The van der Waals surface area contributed by atoms with E-state index in [0.717, 1.165) is 0 Å². The van der Waals surface area contributed by atoms with Gasteiger partial charge >= 0.3 is 6.18 Å². The lowest BCUT2D eigenvalue weighted by molar-refractivity contribution is -0.197. The van der Waals surface area contributed by atoms with Crippen molar-refractivity contribution >= 4 is 11.7 Å². The number of alkyl halides is 3. The van der Waals surface area contributed by atoms with Crippen molar-refractivity contribution in [3.05, 3.63) is 23.9 Å². The van der Waals surface area contributed by atoms with Gasteiger partial charge in [0.2, 0.25) is 5.91 Å². The smallest absolute Gasteiger partial charge is 0.310 e. The maximum atomic E-state index is 13.0. The molecule has 2 rings (SSSR count). The van der Waals surface area contributed by atoms with Crippen LogP contribution in [0.15, 0.2) is 18.2 Å². The number of nitrogens with one attached hydrogen (secondary N) is 1. The maximum absolute atomic E-state index is 13.0. The predicted octanol–water partition coefficient (Wildman–Crippen LogP) is 3.70. The molecule has 0 radical (unpaired) electrons. The Morgan fingerprint density at radius 3 is 2.65 bits per heavy atom. The van der Waals surface area contributed by atoms with Crippen LogP contribution < -0.4 is 5.32 Å². The molecule has 3 nitrogen and oxygen atoms in total. The van der Waals surface area contributed by atoms with Gasteiger partial charge in [0.05, 0.1) is 5.92 Å². The van der Waals surface area contributed by atoms with Crippen LogP contribution in [0.1, 0.15) is 31.4 Å². The van der Waals surface area contributed by atoms with Gasteiger partial charge in [-0.15, -0.1) is 0 Å². The Hall–Kier alpha value is -1.59. The number of carbonyl (C=O) groups excluding carboxylic acids is 1. The van der Waals surface area contributed by atoms with Gasteiger partial charge in [0.25, 0.3) is 0 Å². The maximum Gasteiger partial charge on any atom is 0.392 e. The fourth-order valence-electron chi connectivity index (χ4n) is 2.67. The minimum Gasteiger partial charge on any atom is -0.310 e. The third-order valence-electron chi connectivity index (χ3n) is 3.66. The quantitative estimate of drug-likeness (QED) is 0.900. The van der Waals surface area contributed by atoms with Gasteiger partial charge in [-0.1, -0.05) is 18.9 Å². The number of pyridine rings is 1. The van der Waals surface area contributed by atoms with E-state index in [1.165, 1.54) is 0 Å². The first-order chi connectivity index (χ1) is 9.38. The highest BCUT2D eigenvalue weighted by Gasteiger charge is 2.48. The lowest BCUT2D eigenvalue weighted by atomic mass is 9.78. The summed E-state index contributed by atoms with van der Waals surface area (Å²) in [6.07, 6.45) is -2.82. The van der Waals surface area contributed by atoms with Crippen LogP contribution in [-0.4, -0.2) is 17.1 Å². The fraction of sp³-hybridized carbons (Fsp3) is 0.571. The zero-order chi connectivity index (χ0) is 14.8. The van der Waals surface area contributed by atoms with Crippen molar-refractivity contribution < 1.29 is 18.0 Å². The first-order valence-electron chi connectivity index (χ1n) is 6.69. The second-order valence-corrected chi connectivity index (χ2v) is 5.19. The number of anilines is 1. The number of carbonyl (C=O) groups is 1. The number of amides is 1. The summed E-state index contributed by atoms with van der Waals surface area (Å²) in [7, 11) is 0. The molecule has 0 unspecified atom stereocenters. The topological polar surface area (TPSA) is 42.0 Å². The molecule has 110 valence electrons. The molecule has 1 aromatic rings. The predicted molar refractivity (Wildman–Crippen MR) is 69.1 cm³/mol. The minimum absolute atomic E-state index is 0.0306. The zero-order valence-electron chi connectivity index (χ0n) is 11.2. The average molecular weight is 286 g/mol. The van der Waals surface area contributed by atoms with E-state index in [1.807, 2.05) is 0 Å². The zero-order valence-corrected chi connectivity index (χ0v) is 11.2. The third-order valence-corrected chi connectivity index (χ3v) is 3.66. The van der Waals surface area contributed by atoms with Crippen molar-refractivity contribution in [2.75, 3.05) is 5.32 Å². The largest absolute Gasteiger partial charge is 0.392 e. The van der Waals surface area contributed by atoms with Gasteiger partial charge < -0.3 is 5.32 Å². The minimum atomic E-state index is -4.32. The van der Waals surface area contributed by atoms with Crippen LogP contribution in [0, 0.1) is 18.8 Å². The summed E-state index contributed by atoms with van der Waals surface area (Å²) in [6.45, 7) is 1.76. The molecule has 6 heteroatoms. The third kappa shape index (κ3) is 3.49. The molecule has 1 aliphatic rings. The van der Waals surface area contributed by atoms with E-state index in [9.17, 15) is 18.0 Å². The second kappa shape index (κ2) is 5.81. The van der Waals surface area contributed by atoms with Crippen LogP contribution in [0.4, 0.5) is 19.0 Å². The SMILES string of the molecule is Cc1cccc(NC(=O)[C@H]2CCCC[C@@H]2C(F)(F)F)n1. The monoisotopic (exact) mass is 286 g/mol. The van der Waals surface area contributed by atoms with Crippen molar-refractivity contribution in [2.24, 2.45) is 11.8 Å². The molecule has 1 amide bonds. The van der Waals surface area contributed by atoms with Gasteiger partial charge in [0, 0.05) is 11.6 Å². The van der Waals surface area contributed by atoms with Crippen molar-refractivity contribution in [3.63, 3.8) is 0 Å². The first-order valence-corrected chi connectivity index (χ1v) is 6.69. The molecule has 20 heavy (non-hydrogen) atoms. The summed E-state index contributed by atoms with van der Waals surface area (Å²) < 4.78 is 38.9. The number of aromatic nitrogens is 1. The molecule has 1 N–H and O–H groups in total. The van der Waals surface area contributed by atoms with Gasteiger partial charge in [-0.2, -0.15) is 13.2 Å². The van der Waals surface area contributed by atoms with E-state index in [4.69, 9.17) is 0 Å². The van der Waals surface area contributed by atoms with Crippen molar-refractivity contribution in [1.29, 1.82) is 0 Å². The molecule has 0 aliphatic heterocycles. The van der Waals surface area contributed by atoms with E-state index in [2.05, 4.69) is 10.3 Å². The Morgan fingerprint density at radius 1 is 1.30 bits per heavy atom. The molecule has 1 heterocycles. The average Bonchev–Trinajstić information content (AvgIpc) is 2.37. The Balaban J connectivity index is 2.10. The molecule has 1 fully saturated rings. The number of hydrogen-bond donors (Lipinski definition) is 1. The Bertz CT molecular complexity index is 488. The van der Waals surface area contributed by atoms with E-state index in [-0.39, 0.29) is 12.8 Å². The highest BCUT2D eigenvalue weighted by Crippen LogP contribution is 2.41. The Morgan fingerprint density at radius 2 is 2.00 bits per heavy atom. The van der Waals surface area contributed by atoms with Crippen molar-refractivity contribution in [3.8, 4) is 0 Å². The summed E-state index contributed by atoms with van der Waals surface area (Å²) in [6, 6.07) is 5.05. The highest BCUT2D eigenvalue weighted by molar-refractivity contribution is 5.92. The van der Waals surface area contributed by atoms with Crippen LogP contribution in [-0.2, 0) is 4.79 Å². The van der Waals surface area contributed by atoms with E-state index in [1.54, 1.807) is 25.1 Å². The van der Waals surface area contributed by atoms with E-state index >= 15 is 0 Å². The summed E-state index contributed by atoms with van der Waals surface area (Å²) in [5.74, 6) is -2.82. The molecule has 0 aromatic carbocycles. The standard InChI is InChI=1S/C14H17F3N2O/c1-9-5-4-8-12(18-9)19-13(20)10-6-2-3-7-11(10)14(15,16)17/h4-5,8,10-11H,2-3,6-7H2,1H3,(H,18,19,20)/t10-,11-/m0/s1. The lowest BCUT2D eigenvalue weighted by Crippen LogP contribution is -2.39. The van der Waals surface area contributed by atoms with Crippen LogP contribution >= 0.6 is 0 Å². The molecule has 1 aromatic heterocycles. The normalized spacial score (nSPS) is 23.4. The van der Waals surface area contributed by atoms with Crippen LogP contribution in [0.5, 0.6) is 0 Å². The van der Waals surface area contributed by atoms with Gasteiger partial charge in [-0.25, -0.2) is 4.98 Å². The van der Waals surface area contributed by atoms with Crippen molar-refractivity contribution in [2.45, 2.75) is 38.8 Å². The molecule has 0 bridgehead atoms. The van der Waals surface area contributed by atoms with E-state index < -0.39 is 23.9 Å². The summed E-state index contributed by atoms with van der Waals surface area (Å²) >= 11 is 0. The fourth-order valence-corrected chi connectivity index (χ4v) is 2.67. The molecule has 1 aliphatic carbocycles. The molecule has 0 saturated heterocycles. The molecule has 1 saturated carbocycles. The molecular formula is C14H17F3N2O. The summed E-state index contributed by atoms with van der Waals surface area (Å²) in [4.78, 5) is 16.2. The van der Waals surface area contributed by atoms with Gasteiger partial charge in [-0.3, -0.25) is 4.79 Å². The summed E-state index contributed by atoms with van der Waals surface area (Å²) in [5.41, 5.74) is 0.707. The number of nitrogens with zero attached hydrogens (tertiary/aromatic N) is 1. The Kier molecular flexibility index (Phi) is 4.30. The Labute approximate surface area is 115 Å². The van der Waals surface area contributed by atoms with Crippen molar-refractivity contribution in [1.82, 2.24) is 4.98 Å². The lowest BCUT2D eigenvalue weighted by Gasteiger charge is -2.31. The van der Waals surface area contributed by atoms with Gasteiger partial charge in [0.1, 0.15) is 5.82 Å². The van der Waals surface area contributed by atoms with E-state index in [0.29, 0.717) is 24.4 Å². The second-order valence-electron chi connectivity index (χ2n) is 5.19. The van der Waals surface area contributed by atoms with Crippen LogP contribution in [0.3, 0.4) is 0 Å². The number of aryl methyl sites for hydroxylation is 1.